The molecular weight excluding hydrogens is 498 g/mol. The molecule has 0 aliphatic heterocycles. The molecule has 9 heteroatoms. The van der Waals surface area contributed by atoms with Crippen LogP contribution in [0.25, 0.3) is 0 Å². The van der Waals surface area contributed by atoms with Gasteiger partial charge in [-0.1, -0.05) is 58.1 Å². The number of aromatic nitrogens is 1. The molecule has 1 atom stereocenters. The highest BCUT2D eigenvalue weighted by Gasteiger charge is 2.36. The van der Waals surface area contributed by atoms with E-state index < -0.39 is 11.9 Å². The SMILES string of the molecule is Cc1cccc(N(C(=O)c2snc(C(=O)NC3CCCCC3)c2N)[C@H](CC(C)C)C(=O)NC2CCCC2)c1. The van der Waals surface area contributed by atoms with Gasteiger partial charge in [0.2, 0.25) is 5.91 Å². The molecule has 2 aliphatic rings. The maximum Gasteiger partial charge on any atom is 0.273 e. The van der Waals surface area contributed by atoms with E-state index in [1.54, 1.807) is 4.90 Å². The van der Waals surface area contributed by atoms with Gasteiger partial charge in [-0.05, 0) is 74.2 Å². The van der Waals surface area contributed by atoms with Crippen molar-refractivity contribution in [2.24, 2.45) is 5.92 Å². The number of nitrogen functional groups attached to an aromatic ring is 1. The number of hydrogen-bond donors (Lipinski definition) is 3. The molecule has 0 unspecified atom stereocenters. The Morgan fingerprint density at radius 1 is 1.03 bits per heavy atom. The van der Waals surface area contributed by atoms with Crippen molar-refractivity contribution in [2.75, 3.05) is 10.6 Å². The molecule has 2 fully saturated rings. The lowest BCUT2D eigenvalue weighted by Gasteiger charge is -2.33. The van der Waals surface area contributed by atoms with Crippen LogP contribution in [0.5, 0.6) is 0 Å². The van der Waals surface area contributed by atoms with Gasteiger partial charge < -0.3 is 16.4 Å². The lowest BCUT2D eigenvalue weighted by atomic mass is 9.95. The van der Waals surface area contributed by atoms with Crippen LogP contribution in [0.2, 0.25) is 0 Å². The number of carbonyl (C=O) groups is 3. The second-order valence-electron chi connectivity index (χ2n) is 11.2. The number of amides is 3. The quantitative estimate of drug-likeness (QED) is 0.404. The number of hydrogen-bond acceptors (Lipinski definition) is 6. The van der Waals surface area contributed by atoms with Crippen molar-refractivity contribution in [1.82, 2.24) is 15.0 Å². The molecule has 0 spiro atoms. The lowest BCUT2D eigenvalue weighted by Crippen LogP contribution is -2.52. The van der Waals surface area contributed by atoms with Crippen molar-refractivity contribution in [2.45, 2.75) is 103 Å². The molecule has 206 valence electrons. The van der Waals surface area contributed by atoms with Crippen LogP contribution in [0.4, 0.5) is 11.4 Å². The van der Waals surface area contributed by atoms with Gasteiger partial charge in [0, 0.05) is 17.8 Å². The zero-order valence-electron chi connectivity index (χ0n) is 22.8. The van der Waals surface area contributed by atoms with Gasteiger partial charge in [0.25, 0.3) is 11.8 Å². The zero-order valence-corrected chi connectivity index (χ0v) is 23.6. The second-order valence-corrected chi connectivity index (χ2v) is 12.0. The Morgan fingerprint density at radius 2 is 1.66 bits per heavy atom. The van der Waals surface area contributed by atoms with Crippen LogP contribution in [0.15, 0.2) is 24.3 Å². The maximum absolute atomic E-state index is 14.2. The number of nitrogens with two attached hydrogens (primary N) is 1. The second kappa shape index (κ2) is 12.7. The van der Waals surface area contributed by atoms with E-state index in [2.05, 4.69) is 15.0 Å². The molecule has 0 radical (unpaired) electrons. The molecule has 4 N–H and O–H groups in total. The molecule has 1 aromatic heterocycles. The van der Waals surface area contributed by atoms with Gasteiger partial charge in [0.15, 0.2) is 5.69 Å². The summed E-state index contributed by atoms with van der Waals surface area (Å²) in [4.78, 5) is 42.6. The minimum absolute atomic E-state index is 0.0745. The van der Waals surface area contributed by atoms with Crippen molar-refractivity contribution in [3.05, 3.63) is 40.4 Å². The Balaban J connectivity index is 1.65. The van der Waals surface area contributed by atoms with E-state index in [9.17, 15) is 14.4 Å². The van der Waals surface area contributed by atoms with E-state index in [4.69, 9.17) is 5.73 Å². The summed E-state index contributed by atoms with van der Waals surface area (Å²) in [6, 6.07) is 7.11. The fourth-order valence-electron chi connectivity index (χ4n) is 5.59. The normalized spacial score (nSPS) is 17.4. The van der Waals surface area contributed by atoms with E-state index in [-0.39, 0.29) is 46.1 Å². The van der Waals surface area contributed by atoms with Gasteiger partial charge in [-0.2, -0.15) is 4.37 Å². The Hall–Kier alpha value is -2.94. The Bertz CT molecular complexity index is 1130. The summed E-state index contributed by atoms with van der Waals surface area (Å²) in [5.74, 6) is -0.733. The van der Waals surface area contributed by atoms with E-state index in [1.807, 2.05) is 45.0 Å². The summed E-state index contributed by atoms with van der Waals surface area (Å²) < 4.78 is 4.30. The summed E-state index contributed by atoms with van der Waals surface area (Å²) >= 11 is 0.924. The average Bonchev–Trinajstić information content (AvgIpc) is 3.53. The number of anilines is 2. The smallest absolute Gasteiger partial charge is 0.273 e. The Morgan fingerprint density at radius 3 is 2.29 bits per heavy atom. The molecular formula is C29H41N5O3S. The minimum Gasteiger partial charge on any atom is -0.395 e. The van der Waals surface area contributed by atoms with Crippen LogP contribution >= 0.6 is 11.5 Å². The van der Waals surface area contributed by atoms with Crippen molar-refractivity contribution in [3.63, 3.8) is 0 Å². The fraction of sp³-hybridized carbons (Fsp3) is 0.586. The fourth-order valence-corrected chi connectivity index (χ4v) is 6.32. The standard InChI is InChI=1S/C29H41N5O3S/c1-18(2)16-23(27(35)31-20-13-7-8-14-20)34(22-15-9-10-19(3)17-22)29(37)26-24(30)25(33-38-26)28(36)32-21-11-5-4-6-12-21/h9-10,15,17-18,20-21,23H,4-8,11-14,16,30H2,1-3H3,(H,31,35)(H,32,36)/t23-/m1/s1. The van der Waals surface area contributed by atoms with E-state index >= 15 is 0 Å². The molecule has 8 nitrogen and oxygen atoms in total. The number of nitrogens with one attached hydrogen (secondary N) is 2. The number of aryl methyl sites for hydroxylation is 1. The number of benzene rings is 1. The Labute approximate surface area is 229 Å². The van der Waals surface area contributed by atoms with Gasteiger partial charge in [-0.3, -0.25) is 19.3 Å². The first-order valence-corrected chi connectivity index (χ1v) is 14.8. The largest absolute Gasteiger partial charge is 0.395 e. The summed E-state index contributed by atoms with van der Waals surface area (Å²) in [7, 11) is 0. The molecule has 0 saturated heterocycles. The van der Waals surface area contributed by atoms with Crippen LogP contribution in [-0.4, -0.2) is 40.2 Å². The first-order valence-electron chi connectivity index (χ1n) is 14.0. The molecule has 1 aromatic carbocycles. The van der Waals surface area contributed by atoms with Gasteiger partial charge in [0.1, 0.15) is 10.9 Å². The van der Waals surface area contributed by atoms with Gasteiger partial charge in [0.05, 0.1) is 5.69 Å². The van der Waals surface area contributed by atoms with Crippen LogP contribution in [0, 0.1) is 12.8 Å². The van der Waals surface area contributed by atoms with Crippen LogP contribution in [-0.2, 0) is 4.79 Å². The van der Waals surface area contributed by atoms with Crippen molar-refractivity contribution in [1.29, 1.82) is 0 Å². The van der Waals surface area contributed by atoms with Crippen molar-refractivity contribution < 1.29 is 14.4 Å². The first kappa shape index (κ1) is 28.1. The zero-order chi connectivity index (χ0) is 27.2. The predicted molar refractivity (Wildman–Crippen MR) is 152 cm³/mol. The highest BCUT2D eigenvalue weighted by Crippen LogP contribution is 2.31. The number of rotatable bonds is 9. The topological polar surface area (TPSA) is 117 Å². The third-order valence-electron chi connectivity index (χ3n) is 7.59. The number of carbonyl (C=O) groups excluding carboxylic acids is 3. The predicted octanol–water partition coefficient (Wildman–Crippen LogP) is 5.22. The number of nitrogens with zero attached hydrogens (tertiary/aromatic N) is 2. The highest BCUT2D eigenvalue weighted by molar-refractivity contribution is 7.09. The van der Waals surface area contributed by atoms with E-state index in [1.165, 1.54) is 6.42 Å². The summed E-state index contributed by atoms with van der Waals surface area (Å²) in [6.45, 7) is 6.05. The Kier molecular flexibility index (Phi) is 9.41. The molecule has 2 aliphatic carbocycles. The summed E-state index contributed by atoms with van der Waals surface area (Å²) in [6.07, 6.45) is 9.86. The summed E-state index contributed by atoms with van der Waals surface area (Å²) in [5.41, 5.74) is 8.17. The monoisotopic (exact) mass is 539 g/mol. The average molecular weight is 540 g/mol. The van der Waals surface area contributed by atoms with Crippen LogP contribution < -0.4 is 21.3 Å². The highest BCUT2D eigenvalue weighted by atomic mass is 32.1. The maximum atomic E-state index is 14.2. The molecule has 2 aromatic rings. The lowest BCUT2D eigenvalue weighted by molar-refractivity contribution is -0.123. The summed E-state index contributed by atoms with van der Waals surface area (Å²) in [5, 5.41) is 6.24. The van der Waals surface area contributed by atoms with Gasteiger partial charge in [-0.15, -0.1) is 0 Å². The van der Waals surface area contributed by atoms with Crippen molar-refractivity contribution >= 4 is 40.6 Å². The van der Waals surface area contributed by atoms with E-state index in [0.717, 1.165) is 68.5 Å². The first-order chi connectivity index (χ1) is 18.2. The molecule has 4 rings (SSSR count). The molecule has 38 heavy (non-hydrogen) atoms. The van der Waals surface area contributed by atoms with Crippen molar-refractivity contribution in [3.8, 4) is 0 Å². The minimum atomic E-state index is -0.717. The molecule has 0 bridgehead atoms. The van der Waals surface area contributed by atoms with Crippen LogP contribution in [0.3, 0.4) is 0 Å². The molecule has 2 saturated carbocycles. The third-order valence-corrected chi connectivity index (χ3v) is 8.44. The van der Waals surface area contributed by atoms with Gasteiger partial charge in [-0.25, -0.2) is 0 Å². The third kappa shape index (κ3) is 6.73. The molecule has 3 amide bonds. The van der Waals surface area contributed by atoms with Crippen LogP contribution in [0.1, 0.15) is 104 Å². The molecule has 1 heterocycles. The van der Waals surface area contributed by atoms with Gasteiger partial charge >= 0.3 is 0 Å². The van der Waals surface area contributed by atoms with E-state index in [0.29, 0.717) is 12.1 Å².